The molecule has 2 N–H and O–H groups in total. The third-order valence-corrected chi connectivity index (χ3v) is 3.23. The number of aliphatic hydroxyl groups excluding tert-OH is 1. The molecule has 7 heteroatoms. The first-order valence-corrected chi connectivity index (χ1v) is 6.69. The Hall–Kier alpha value is -3.27. The lowest BCUT2D eigenvalue weighted by Gasteiger charge is -2.09. The van der Waals surface area contributed by atoms with E-state index < -0.39 is 17.2 Å². The minimum atomic E-state index is -0.727. The molecule has 0 atom stereocenters. The van der Waals surface area contributed by atoms with Crippen molar-refractivity contribution in [3.8, 4) is 11.8 Å². The van der Waals surface area contributed by atoms with Gasteiger partial charge >= 0.3 is 0 Å². The maximum Gasteiger partial charge on any atom is 0.270 e. The van der Waals surface area contributed by atoms with E-state index in [1.54, 1.807) is 38.3 Å². The van der Waals surface area contributed by atoms with Gasteiger partial charge in [0.1, 0.15) is 17.6 Å². The zero-order valence-corrected chi connectivity index (χ0v) is 12.9. The van der Waals surface area contributed by atoms with Crippen molar-refractivity contribution in [1.82, 2.24) is 5.16 Å². The minimum absolute atomic E-state index is 0.197. The second-order valence-electron chi connectivity index (χ2n) is 4.77. The number of rotatable bonds is 4. The highest BCUT2D eigenvalue weighted by Crippen LogP contribution is 2.23. The Morgan fingerprint density at radius 3 is 2.70 bits per heavy atom. The molecule has 0 aliphatic carbocycles. The van der Waals surface area contributed by atoms with Crippen molar-refractivity contribution in [3.63, 3.8) is 0 Å². The average Bonchev–Trinajstić information content (AvgIpc) is 2.94. The van der Waals surface area contributed by atoms with Crippen molar-refractivity contribution in [2.75, 3.05) is 12.4 Å². The Morgan fingerprint density at radius 2 is 2.17 bits per heavy atom. The van der Waals surface area contributed by atoms with Crippen LogP contribution < -0.4 is 10.1 Å². The number of carbonyl (C=O) groups excluding carboxylic acids is 1. The minimum Gasteiger partial charge on any atom is -0.506 e. The summed E-state index contributed by atoms with van der Waals surface area (Å²) in [6.45, 7) is 3.39. The van der Waals surface area contributed by atoms with E-state index in [1.807, 2.05) is 6.92 Å². The number of aromatic nitrogens is 1. The Labute approximate surface area is 132 Å². The normalized spacial score (nSPS) is 11.4. The van der Waals surface area contributed by atoms with Crippen molar-refractivity contribution >= 4 is 17.4 Å². The highest BCUT2D eigenvalue weighted by atomic mass is 16.5. The van der Waals surface area contributed by atoms with E-state index in [0.717, 1.165) is 5.56 Å². The lowest BCUT2D eigenvalue weighted by Crippen LogP contribution is -2.15. The summed E-state index contributed by atoms with van der Waals surface area (Å²) in [6, 6.07) is 6.74. The molecule has 23 heavy (non-hydrogen) atoms. The first-order chi connectivity index (χ1) is 11.0. The number of nitrogens with zero attached hydrogens (tertiary/aromatic N) is 2. The molecule has 0 saturated heterocycles. The topological polar surface area (TPSA) is 108 Å². The lowest BCUT2D eigenvalue weighted by atomic mass is 10.1. The maximum absolute atomic E-state index is 12.2. The molecule has 2 rings (SSSR count). The number of nitriles is 1. The van der Waals surface area contributed by atoms with Crippen molar-refractivity contribution < 1.29 is 19.2 Å². The van der Waals surface area contributed by atoms with Gasteiger partial charge in [0.15, 0.2) is 11.3 Å². The monoisotopic (exact) mass is 313 g/mol. The van der Waals surface area contributed by atoms with Crippen LogP contribution in [0.1, 0.15) is 16.9 Å². The molecule has 0 fully saturated rings. The fourth-order valence-electron chi connectivity index (χ4n) is 2.02. The Balaban J connectivity index is 2.30. The Morgan fingerprint density at radius 1 is 1.43 bits per heavy atom. The van der Waals surface area contributed by atoms with E-state index in [2.05, 4.69) is 10.5 Å². The first-order valence-electron chi connectivity index (χ1n) is 6.69. The summed E-state index contributed by atoms with van der Waals surface area (Å²) in [5.74, 6) is -0.213. The van der Waals surface area contributed by atoms with Gasteiger partial charge in [0, 0.05) is 5.69 Å². The summed E-state index contributed by atoms with van der Waals surface area (Å²) >= 11 is 0. The summed E-state index contributed by atoms with van der Waals surface area (Å²) in [5, 5.41) is 25.4. The van der Waals surface area contributed by atoms with E-state index >= 15 is 0 Å². The van der Waals surface area contributed by atoms with Gasteiger partial charge in [-0.1, -0.05) is 5.16 Å². The molecule has 0 aliphatic heterocycles. The van der Waals surface area contributed by atoms with Gasteiger partial charge in [0.05, 0.1) is 18.9 Å². The molecular formula is C16H15N3O4. The summed E-state index contributed by atoms with van der Waals surface area (Å²) in [4.78, 5) is 12.2. The van der Waals surface area contributed by atoms with E-state index in [1.165, 1.54) is 6.20 Å². The quantitative estimate of drug-likeness (QED) is 0.510. The van der Waals surface area contributed by atoms with Gasteiger partial charge in [-0.05, 0) is 37.6 Å². The highest BCUT2D eigenvalue weighted by molar-refractivity contribution is 6.11. The van der Waals surface area contributed by atoms with Crippen LogP contribution in [0.4, 0.5) is 5.69 Å². The summed E-state index contributed by atoms with van der Waals surface area (Å²) in [5.41, 5.74) is 1.08. The standard InChI is InChI=1S/C16H15N3O4/c1-9-6-11(4-5-14(9)22-3)19-16(21)12(7-17)15(20)13-8-18-23-10(13)2/h4-6,8,20H,1-3H3,(H,19,21)/b15-12-. The number of amides is 1. The second kappa shape index (κ2) is 6.66. The summed E-state index contributed by atoms with van der Waals surface area (Å²) in [6.07, 6.45) is 1.24. The molecule has 1 heterocycles. The molecule has 0 aliphatic rings. The largest absolute Gasteiger partial charge is 0.506 e. The molecule has 118 valence electrons. The number of carbonyl (C=O) groups is 1. The zero-order valence-electron chi connectivity index (χ0n) is 12.9. The van der Waals surface area contributed by atoms with Gasteiger partial charge in [-0.2, -0.15) is 5.26 Å². The van der Waals surface area contributed by atoms with Crippen LogP contribution in [0, 0.1) is 25.2 Å². The van der Waals surface area contributed by atoms with Gasteiger partial charge in [-0.25, -0.2) is 0 Å². The van der Waals surface area contributed by atoms with Crippen molar-refractivity contribution in [1.29, 1.82) is 5.26 Å². The number of benzene rings is 1. The molecule has 7 nitrogen and oxygen atoms in total. The van der Waals surface area contributed by atoms with E-state index in [-0.39, 0.29) is 5.56 Å². The molecule has 0 unspecified atom stereocenters. The van der Waals surface area contributed by atoms with Crippen LogP contribution in [0.15, 0.2) is 34.5 Å². The third-order valence-electron chi connectivity index (χ3n) is 3.23. The molecular weight excluding hydrogens is 298 g/mol. The molecule has 1 amide bonds. The van der Waals surface area contributed by atoms with E-state index in [4.69, 9.17) is 9.26 Å². The predicted molar refractivity (Wildman–Crippen MR) is 82.8 cm³/mol. The lowest BCUT2D eigenvalue weighted by molar-refractivity contribution is -0.112. The fourth-order valence-corrected chi connectivity index (χ4v) is 2.02. The fraction of sp³-hybridized carbons (Fsp3) is 0.188. The number of anilines is 1. The van der Waals surface area contributed by atoms with Crippen LogP contribution in [0.2, 0.25) is 0 Å². The Kier molecular flexibility index (Phi) is 4.66. The van der Waals surface area contributed by atoms with E-state index in [9.17, 15) is 15.2 Å². The van der Waals surface area contributed by atoms with E-state index in [0.29, 0.717) is 17.2 Å². The van der Waals surface area contributed by atoms with Gasteiger partial charge in [-0.3, -0.25) is 4.79 Å². The first kappa shape index (κ1) is 16.1. The van der Waals surface area contributed by atoms with Crippen LogP contribution in [0.25, 0.3) is 5.76 Å². The van der Waals surface area contributed by atoms with Crippen LogP contribution in [-0.4, -0.2) is 23.3 Å². The summed E-state index contributed by atoms with van der Waals surface area (Å²) in [7, 11) is 1.55. The number of hydrogen-bond donors (Lipinski definition) is 2. The number of aryl methyl sites for hydroxylation is 2. The third kappa shape index (κ3) is 3.32. The number of ether oxygens (including phenoxy) is 1. The number of nitrogens with one attached hydrogen (secondary N) is 1. The smallest absolute Gasteiger partial charge is 0.270 e. The second-order valence-corrected chi connectivity index (χ2v) is 4.77. The van der Waals surface area contributed by atoms with Gasteiger partial charge in [0.25, 0.3) is 5.91 Å². The van der Waals surface area contributed by atoms with Crippen molar-refractivity contribution in [2.24, 2.45) is 0 Å². The molecule has 0 saturated carbocycles. The predicted octanol–water partition coefficient (Wildman–Crippen LogP) is 2.73. The molecule has 0 radical (unpaired) electrons. The van der Waals surface area contributed by atoms with Crippen molar-refractivity contribution in [3.05, 3.63) is 46.9 Å². The van der Waals surface area contributed by atoms with Gasteiger partial charge in [0.2, 0.25) is 0 Å². The molecule has 0 spiro atoms. The highest BCUT2D eigenvalue weighted by Gasteiger charge is 2.20. The van der Waals surface area contributed by atoms with Gasteiger partial charge < -0.3 is 19.7 Å². The van der Waals surface area contributed by atoms with Crippen molar-refractivity contribution in [2.45, 2.75) is 13.8 Å². The molecule has 2 aromatic rings. The SMILES string of the molecule is COc1ccc(NC(=O)/C(C#N)=C(\O)c2cnoc2C)cc1C. The van der Waals surface area contributed by atoms with Gasteiger partial charge in [-0.15, -0.1) is 0 Å². The Bertz CT molecular complexity index is 815. The van der Waals surface area contributed by atoms with Crippen LogP contribution in [0.3, 0.4) is 0 Å². The van der Waals surface area contributed by atoms with Crippen LogP contribution >= 0.6 is 0 Å². The number of aliphatic hydroxyl groups is 1. The molecule has 1 aromatic carbocycles. The number of hydrogen-bond acceptors (Lipinski definition) is 6. The summed E-state index contributed by atoms with van der Waals surface area (Å²) < 4.78 is 9.96. The molecule has 0 bridgehead atoms. The van der Waals surface area contributed by atoms with Crippen LogP contribution in [0.5, 0.6) is 5.75 Å². The zero-order chi connectivity index (χ0) is 17.0. The van der Waals surface area contributed by atoms with Crippen LogP contribution in [-0.2, 0) is 4.79 Å². The molecule has 1 aromatic heterocycles. The average molecular weight is 313 g/mol. The number of methoxy groups -OCH3 is 1. The maximum atomic E-state index is 12.2.